The molecule has 1 amide bonds. The number of ether oxygens (including phenoxy) is 3. The molecule has 1 saturated heterocycles. The summed E-state index contributed by atoms with van der Waals surface area (Å²) in [6.45, 7) is 1.62. The Kier molecular flexibility index (Phi) is 6.75. The normalized spacial score (nSPS) is 16.3. The van der Waals surface area contributed by atoms with Crippen molar-refractivity contribution in [3.8, 4) is 11.5 Å². The lowest BCUT2D eigenvalue weighted by Gasteiger charge is -2.12. The van der Waals surface area contributed by atoms with Gasteiger partial charge >= 0.3 is 0 Å². The fourth-order valence-electron chi connectivity index (χ4n) is 2.67. The van der Waals surface area contributed by atoms with Gasteiger partial charge in [-0.2, -0.15) is 0 Å². The second-order valence-corrected chi connectivity index (χ2v) is 6.51. The molecule has 0 unspecified atom stereocenters. The molecule has 0 aliphatic carbocycles. The Hall–Kier alpha value is -2.24. The summed E-state index contributed by atoms with van der Waals surface area (Å²) in [4.78, 5) is 12.1. The van der Waals surface area contributed by atoms with E-state index in [2.05, 4.69) is 5.32 Å². The van der Waals surface area contributed by atoms with E-state index in [1.807, 2.05) is 24.3 Å². The minimum absolute atomic E-state index is 0.122. The van der Waals surface area contributed by atoms with Gasteiger partial charge in [0, 0.05) is 23.4 Å². The van der Waals surface area contributed by atoms with E-state index in [0.717, 1.165) is 19.4 Å². The van der Waals surface area contributed by atoms with Crippen molar-refractivity contribution >= 4 is 23.2 Å². The van der Waals surface area contributed by atoms with Crippen LogP contribution in [-0.4, -0.2) is 31.8 Å². The van der Waals surface area contributed by atoms with Crippen molar-refractivity contribution in [2.75, 3.05) is 25.1 Å². The number of halogens is 1. The van der Waals surface area contributed by atoms with Crippen LogP contribution >= 0.6 is 11.6 Å². The lowest BCUT2D eigenvalue weighted by molar-refractivity contribution is -0.116. The van der Waals surface area contributed by atoms with Gasteiger partial charge in [-0.3, -0.25) is 4.79 Å². The van der Waals surface area contributed by atoms with Crippen molar-refractivity contribution in [2.24, 2.45) is 0 Å². The van der Waals surface area contributed by atoms with Crippen molar-refractivity contribution in [3.63, 3.8) is 0 Å². The van der Waals surface area contributed by atoms with Gasteiger partial charge in [-0.15, -0.1) is 0 Å². The van der Waals surface area contributed by atoms with Gasteiger partial charge in [0.25, 0.3) is 0 Å². The summed E-state index contributed by atoms with van der Waals surface area (Å²) in [5.74, 6) is 1.24. The third kappa shape index (κ3) is 5.93. The number of anilines is 1. The van der Waals surface area contributed by atoms with E-state index in [0.29, 0.717) is 28.8 Å². The quantitative estimate of drug-likeness (QED) is 0.747. The minimum Gasteiger partial charge on any atom is -0.493 e. The molecule has 1 fully saturated rings. The molecule has 0 aromatic heterocycles. The molecular formula is C20H22ClNO4. The molecule has 0 bridgehead atoms. The first-order chi connectivity index (χ1) is 12.7. The molecule has 0 radical (unpaired) electrons. The average Bonchev–Trinajstić information content (AvgIpc) is 3.14. The van der Waals surface area contributed by atoms with E-state index in [9.17, 15) is 4.79 Å². The maximum absolute atomic E-state index is 12.1. The number of hydrogen-bond donors (Lipinski definition) is 1. The lowest BCUT2D eigenvalue weighted by Crippen LogP contribution is -2.17. The van der Waals surface area contributed by atoms with Crippen LogP contribution in [0.3, 0.4) is 0 Å². The molecular weight excluding hydrogens is 354 g/mol. The van der Waals surface area contributed by atoms with Crippen molar-refractivity contribution in [1.29, 1.82) is 0 Å². The summed E-state index contributed by atoms with van der Waals surface area (Å²) in [7, 11) is 0. The van der Waals surface area contributed by atoms with Gasteiger partial charge in [0.1, 0.15) is 18.1 Å². The molecule has 138 valence electrons. The molecule has 0 saturated carbocycles. The highest BCUT2D eigenvalue weighted by atomic mass is 35.5. The fourth-order valence-corrected chi connectivity index (χ4v) is 2.85. The van der Waals surface area contributed by atoms with Gasteiger partial charge in [-0.25, -0.2) is 0 Å². The maximum Gasteiger partial charge on any atom is 0.227 e. The second-order valence-electron chi connectivity index (χ2n) is 6.08. The number of hydrogen-bond acceptors (Lipinski definition) is 4. The van der Waals surface area contributed by atoms with Crippen LogP contribution in [0.4, 0.5) is 5.69 Å². The van der Waals surface area contributed by atoms with Gasteiger partial charge in [-0.1, -0.05) is 23.7 Å². The highest BCUT2D eigenvalue weighted by molar-refractivity contribution is 6.30. The Balaban J connectivity index is 1.42. The van der Waals surface area contributed by atoms with Crippen LogP contribution in [0.2, 0.25) is 5.02 Å². The molecule has 0 spiro atoms. The predicted octanol–water partition coefficient (Wildman–Crippen LogP) is 4.31. The van der Waals surface area contributed by atoms with Crippen LogP contribution in [0.15, 0.2) is 48.5 Å². The SMILES string of the molecule is O=C(CCOc1cccc(Cl)c1)Nc1cccc(OC[C@@H]2CCCO2)c1. The van der Waals surface area contributed by atoms with Gasteiger partial charge in [-0.05, 0) is 43.2 Å². The molecule has 1 aliphatic rings. The van der Waals surface area contributed by atoms with Crippen molar-refractivity contribution < 1.29 is 19.0 Å². The van der Waals surface area contributed by atoms with Crippen LogP contribution in [0.5, 0.6) is 11.5 Å². The first kappa shape index (κ1) is 18.5. The smallest absolute Gasteiger partial charge is 0.227 e. The molecule has 1 N–H and O–H groups in total. The standard InChI is InChI=1S/C20H22ClNO4/c21-15-4-1-6-17(12-15)25-11-9-20(23)22-16-5-2-7-18(13-16)26-14-19-8-3-10-24-19/h1-2,4-7,12-13,19H,3,8-11,14H2,(H,22,23)/t19-/m0/s1. The summed E-state index contributed by atoms with van der Waals surface area (Å²) in [5.41, 5.74) is 0.697. The van der Waals surface area contributed by atoms with Crippen LogP contribution in [0.1, 0.15) is 19.3 Å². The topological polar surface area (TPSA) is 56.8 Å². The molecule has 1 aliphatic heterocycles. The Morgan fingerprint density at radius 3 is 2.73 bits per heavy atom. The Bertz CT molecular complexity index is 731. The molecule has 5 nitrogen and oxygen atoms in total. The van der Waals surface area contributed by atoms with Gasteiger partial charge < -0.3 is 19.5 Å². The van der Waals surface area contributed by atoms with E-state index in [1.54, 1.807) is 24.3 Å². The number of carbonyl (C=O) groups excluding carboxylic acids is 1. The Morgan fingerprint density at radius 1 is 1.15 bits per heavy atom. The molecule has 1 atom stereocenters. The van der Waals surface area contributed by atoms with E-state index < -0.39 is 0 Å². The summed E-state index contributed by atoms with van der Waals surface area (Å²) >= 11 is 5.90. The summed E-state index contributed by atoms with van der Waals surface area (Å²) in [6, 6.07) is 14.5. The van der Waals surface area contributed by atoms with Gasteiger partial charge in [0.15, 0.2) is 0 Å². The number of nitrogens with one attached hydrogen (secondary N) is 1. The monoisotopic (exact) mass is 375 g/mol. The van der Waals surface area contributed by atoms with E-state index >= 15 is 0 Å². The first-order valence-corrected chi connectivity index (χ1v) is 9.09. The first-order valence-electron chi connectivity index (χ1n) is 8.72. The number of amides is 1. The molecule has 1 heterocycles. The van der Waals surface area contributed by atoms with Crippen LogP contribution < -0.4 is 14.8 Å². The highest BCUT2D eigenvalue weighted by Gasteiger charge is 2.16. The Labute approximate surface area is 158 Å². The zero-order valence-corrected chi connectivity index (χ0v) is 15.2. The predicted molar refractivity (Wildman–Crippen MR) is 101 cm³/mol. The summed E-state index contributed by atoms with van der Waals surface area (Å²) in [6.07, 6.45) is 2.52. The molecule has 3 rings (SSSR count). The second kappa shape index (κ2) is 9.46. The molecule has 26 heavy (non-hydrogen) atoms. The zero-order chi connectivity index (χ0) is 18.2. The minimum atomic E-state index is -0.122. The van der Waals surface area contributed by atoms with Crippen molar-refractivity contribution in [3.05, 3.63) is 53.6 Å². The van der Waals surface area contributed by atoms with Gasteiger partial charge in [0.2, 0.25) is 5.91 Å². The van der Waals surface area contributed by atoms with E-state index in [1.165, 1.54) is 0 Å². The number of rotatable bonds is 8. The third-order valence-corrected chi connectivity index (χ3v) is 4.21. The van der Waals surface area contributed by atoms with Crippen molar-refractivity contribution in [2.45, 2.75) is 25.4 Å². The average molecular weight is 376 g/mol. The molecule has 2 aromatic rings. The Morgan fingerprint density at radius 2 is 1.96 bits per heavy atom. The molecule has 6 heteroatoms. The summed E-state index contributed by atoms with van der Waals surface area (Å²) < 4.78 is 16.8. The highest BCUT2D eigenvalue weighted by Crippen LogP contribution is 2.20. The van der Waals surface area contributed by atoms with Crippen molar-refractivity contribution in [1.82, 2.24) is 0 Å². The number of benzene rings is 2. The van der Waals surface area contributed by atoms with E-state index in [-0.39, 0.29) is 25.0 Å². The molecule has 2 aromatic carbocycles. The largest absolute Gasteiger partial charge is 0.493 e. The van der Waals surface area contributed by atoms with Crippen LogP contribution in [0.25, 0.3) is 0 Å². The maximum atomic E-state index is 12.1. The van der Waals surface area contributed by atoms with E-state index in [4.69, 9.17) is 25.8 Å². The zero-order valence-electron chi connectivity index (χ0n) is 14.4. The number of carbonyl (C=O) groups is 1. The summed E-state index contributed by atoms with van der Waals surface area (Å²) in [5, 5.41) is 3.46. The van der Waals surface area contributed by atoms with Crippen LogP contribution in [0, 0.1) is 0 Å². The van der Waals surface area contributed by atoms with Crippen LogP contribution in [-0.2, 0) is 9.53 Å². The van der Waals surface area contributed by atoms with Gasteiger partial charge in [0.05, 0.1) is 19.1 Å². The lowest BCUT2D eigenvalue weighted by atomic mass is 10.2. The third-order valence-electron chi connectivity index (χ3n) is 3.97. The fraction of sp³-hybridized carbons (Fsp3) is 0.350.